The summed E-state index contributed by atoms with van der Waals surface area (Å²) in [5, 5.41) is 9.15. The highest BCUT2D eigenvalue weighted by Crippen LogP contribution is 2.29. The molecule has 0 radical (unpaired) electrons. The van der Waals surface area contributed by atoms with E-state index in [1.54, 1.807) is 11.9 Å². The highest BCUT2D eigenvalue weighted by molar-refractivity contribution is 5.98. The molecular formula is C19H19N3O. The highest BCUT2D eigenvalue weighted by atomic mass is 16.5. The fourth-order valence-electron chi connectivity index (χ4n) is 2.54. The fraction of sp³-hybridized carbons (Fsp3) is 0.158. The Morgan fingerprint density at radius 1 is 1.00 bits per heavy atom. The third-order valence-electron chi connectivity index (χ3n) is 3.74. The summed E-state index contributed by atoms with van der Waals surface area (Å²) in [5.41, 5.74) is 4.94. The summed E-state index contributed by atoms with van der Waals surface area (Å²) in [7, 11) is 1.63. The number of nitrogens with zero attached hydrogens (tertiary/aromatic N) is 3. The Labute approximate surface area is 136 Å². The molecule has 0 saturated heterocycles. The number of hydrogen-bond acceptors (Lipinski definition) is 3. The van der Waals surface area contributed by atoms with Gasteiger partial charge in [0.2, 0.25) is 5.88 Å². The van der Waals surface area contributed by atoms with Gasteiger partial charge in [-0.2, -0.15) is 5.10 Å². The Balaban J connectivity index is 2.13. The van der Waals surface area contributed by atoms with Crippen LogP contribution in [0.1, 0.15) is 18.1 Å². The molecule has 0 bridgehead atoms. The third-order valence-corrected chi connectivity index (χ3v) is 3.74. The SMILES string of the molecule is COc1nn(N=C(C)c2ccccc2)c(-c2ccccc2)c1C. The number of benzene rings is 2. The monoisotopic (exact) mass is 305 g/mol. The van der Waals surface area contributed by atoms with Gasteiger partial charge in [0.25, 0.3) is 0 Å². The van der Waals surface area contributed by atoms with Gasteiger partial charge >= 0.3 is 0 Å². The predicted octanol–water partition coefficient (Wildman–Crippen LogP) is 4.14. The van der Waals surface area contributed by atoms with Crippen molar-refractivity contribution in [2.45, 2.75) is 13.8 Å². The molecule has 23 heavy (non-hydrogen) atoms. The first kappa shape index (κ1) is 15.0. The van der Waals surface area contributed by atoms with Crippen LogP contribution < -0.4 is 4.74 Å². The van der Waals surface area contributed by atoms with E-state index in [2.05, 4.69) is 10.2 Å². The predicted molar refractivity (Wildman–Crippen MR) is 93.0 cm³/mol. The van der Waals surface area contributed by atoms with Crippen molar-refractivity contribution < 1.29 is 4.74 Å². The number of rotatable bonds is 4. The Bertz CT molecular complexity index is 821. The van der Waals surface area contributed by atoms with Crippen LogP contribution in [0.5, 0.6) is 5.88 Å². The Hall–Kier alpha value is -2.88. The summed E-state index contributed by atoms with van der Waals surface area (Å²) < 4.78 is 5.37. The second-order valence-corrected chi connectivity index (χ2v) is 5.29. The lowest BCUT2D eigenvalue weighted by atomic mass is 10.1. The molecule has 3 aromatic rings. The smallest absolute Gasteiger partial charge is 0.238 e. The van der Waals surface area contributed by atoms with Crippen LogP contribution in [0.3, 0.4) is 0 Å². The van der Waals surface area contributed by atoms with E-state index >= 15 is 0 Å². The second-order valence-electron chi connectivity index (χ2n) is 5.29. The molecule has 0 aliphatic heterocycles. The van der Waals surface area contributed by atoms with Crippen molar-refractivity contribution in [2.75, 3.05) is 7.11 Å². The van der Waals surface area contributed by atoms with E-state index in [1.165, 1.54) is 0 Å². The van der Waals surface area contributed by atoms with Gasteiger partial charge in [-0.15, -0.1) is 9.89 Å². The molecule has 0 atom stereocenters. The minimum Gasteiger partial charge on any atom is -0.480 e. The largest absolute Gasteiger partial charge is 0.480 e. The maximum absolute atomic E-state index is 5.37. The molecule has 4 nitrogen and oxygen atoms in total. The van der Waals surface area contributed by atoms with E-state index in [1.807, 2.05) is 74.5 Å². The molecule has 0 saturated carbocycles. The first-order chi connectivity index (χ1) is 11.2. The molecule has 4 heteroatoms. The average molecular weight is 305 g/mol. The van der Waals surface area contributed by atoms with E-state index in [4.69, 9.17) is 4.74 Å². The van der Waals surface area contributed by atoms with Crippen LogP contribution in [-0.2, 0) is 0 Å². The van der Waals surface area contributed by atoms with E-state index in [-0.39, 0.29) is 0 Å². The van der Waals surface area contributed by atoms with Crippen molar-refractivity contribution >= 4 is 5.71 Å². The van der Waals surface area contributed by atoms with Crippen molar-refractivity contribution in [1.82, 2.24) is 9.89 Å². The highest BCUT2D eigenvalue weighted by Gasteiger charge is 2.16. The molecule has 116 valence electrons. The lowest BCUT2D eigenvalue weighted by Gasteiger charge is -2.05. The summed E-state index contributed by atoms with van der Waals surface area (Å²) in [6.45, 7) is 3.98. The van der Waals surface area contributed by atoms with Gasteiger partial charge in [0.15, 0.2) is 0 Å². The lowest BCUT2D eigenvalue weighted by Crippen LogP contribution is -2.02. The van der Waals surface area contributed by atoms with Gasteiger partial charge in [-0.3, -0.25) is 0 Å². The Morgan fingerprint density at radius 3 is 2.22 bits per heavy atom. The van der Waals surface area contributed by atoms with Crippen LogP contribution in [0.15, 0.2) is 65.8 Å². The molecule has 0 aliphatic carbocycles. The topological polar surface area (TPSA) is 39.4 Å². The van der Waals surface area contributed by atoms with Crippen molar-refractivity contribution in [2.24, 2.45) is 5.10 Å². The zero-order valence-electron chi connectivity index (χ0n) is 13.5. The summed E-state index contributed by atoms with van der Waals surface area (Å²) in [5.74, 6) is 0.591. The van der Waals surface area contributed by atoms with E-state index in [0.29, 0.717) is 5.88 Å². The molecular weight excluding hydrogens is 286 g/mol. The number of aromatic nitrogens is 2. The molecule has 3 rings (SSSR count). The summed E-state index contributed by atoms with van der Waals surface area (Å²) in [6.07, 6.45) is 0. The molecule has 2 aromatic carbocycles. The first-order valence-electron chi connectivity index (χ1n) is 7.50. The van der Waals surface area contributed by atoms with Crippen molar-refractivity contribution in [3.05, 3.63) is 71.8 Å². The zero-order valence-corrected chi connectivity index (χ0v) is 13.5. The third kappa shape index (κ3) is 3.01. The van der Waals surface area contributed by atoms with Gasteiger partial charge in [0, 0.05) is 11.1 Å². The van der Waals surface area contributed by atoms with Crippen LogP contribution >= 0.6 is 0 Å². The van der Waals surface area contributed by atoms with Crippen LogP contribution in [0.4, 0.5) is 0 Å². The average Bonchev–Trinajstić information content (AvgIpc) is 2.91. The Kier molecular flexibility index (Phi) is 4.24. The summed E-state index contributed by atoms with van der Waals surface area (Å²) in [6, 6.07) is 20.2. The maximum atomic E-state index is 5.37. The van der Waals surface area contributed by atoms with Gasteiger partial charge in [-0.25, -0.2) is 0 Å². The van der Waals surface area contributed by atoms with Crippen LogP contribution in [0.2, 0.25) is 0 Å². The van der Waals surface area contributed by atoms with Crippen LogP contribution in [0.25, 0.3) is 11.3 Å². The molecule has 1 aromatic heterocycles. The second kappa shape index (κ2) is 6.48. The molecule has 0 aliphatic rings. The molecule has 0 fully saturated rings. The standard InChI is InChI=1S/C19H19N3O/c1-14-18(17-12-8-5-9-13-17)22(21-19(14)23-3)20-15(2)16-10-6-4-7-11-16/h4-13H,1-3H3. The van der Waals surface area contributed by atoms with Crippen molar-refractivity contribution in [3.63, 3.8) is 0 Å². The van der Waals surface area contributed by atoms with E-state index in [9.17, 15) is 0 Å². The lowest BCUT2D eigenvalue weighted by molar-refractivity contribution is 0.389. The fourth-order valence-corrected chi connectivity index (χ4v) is 2.54. The van der Waals surface area contributed by atoms with Crippen LogP contribution in [0, 0.1) is 6.92 Å². The molecule has 0 amide bonds. The number of hydrogen-bond donors (Lipinski definition) is 0. The van der Waals surface area contributed by atoms with E-state index in [0.717, 1.165) is 28.1 Å². The summed E-state index contributed by atoms with van der Waals surface area (Å²) in [4.78, 5) is 1.66. The van der Waals surface area contributed by atoms with Gasteiger partial charge in [-0.1, -0.05) is 60.7 Å². The number of ether oxygens (including phenoxy) is 1. The quantitative estimate of drug-likeness (QED) is 0.680. The van der Waals surface area contributed by atoms with Gasteiger partial charge < -0.3 is 4.74 Å². The zero-order chi connectivity index (χ0) is 16.2. The minimum absolute atomic E-state index is 0.591. The van der Waals surface area contributed by atoms with Crippen LogP contribution in [-0.4, -0.2) is 22.7 Å². The normalized spacial score (nSPS) is 11.5. The van der Waals surface area contributed by atoms with Gasteiger partial charge in [0.05, 0.1) is 12.8 Å². The van der Waals surface area contributed by atoms with Gasteiger partial charge in [0.1, 0.15) is 5.69 Å². The molecule has 0 unspecified atom stereocenters. The first-order valence-corrected chi connectivity index (χ1v) is 7.50. The minimum atomic E-state index is 0.591. The molecule has 1 heterocycles. The van der Waals surface area contributed by atoms with E-state index < -0.39 is 0 Å². The van der Waals surface area contributed by atoms with Gasteiger partial charge in [-0.05, 0) is 19.4 Å². The van der Waals surface area contributed by atoms with Crippen molar-refractivity contribution in [3.8, 4) is 17.1 Å². The van der Waals surface area contributed by atoms with Crippen molar-refractivity contribution in [1.29, 1.82) is 0 Å². The summed E-state index contributed by atoms with van der Waals surface area (Å²) >= 11 is 0. The molecule has 0 N–H and O–H groups in total. The maximum Gasteiger partial charge on any atom is 0.238 e. The molecule has 0 spiro atoms. The number of methoxy groups -OCH3 is 1. The Morgan fingerprint density at radius 2 is 1.61 bits per heavy atom.